The lowest BCUT2D eigenvalue weighted by molar-refractivity contribution is -0.137. The van der Waals surface area contributed by atoms with E-state index in [2.05, 4.69) is 21.2 Å². The molecule has 0 fully saturated rings. The molecule has 9 heteroatoms. The van der Waals surface area contributed by atoms with Gasteiger partial charge in [0.1, 0.15) is 0 Å². The maximum absolute atomic E-state index is 12.6. The van der Waals surface area contributed by atoms with Gasteiger partial charge < -0.3 is 5.32 Å². The molecule has 25 heavy (non-hydrogen) atoms. The van der Waals surface area contributed by atoms with Crippen LogP contribution in [0.4, 0.5) is 18.9 Å². The number of hydrogen-bond donors (Lipinski definition) is 1. The monoisotopic (exact) mass is 435 g/mol. The van der Waals surface area contributed by atoms with Gasteiger partial charge >= 0.3 is 6.18 Å². The Bertz CT molecular complexity index is 865. The standard InChI is InChI=1S/C16H13BrF3NO3S/c17-12-4-6-14(7-5-12)25(23,24)9-8-15(22)21-13-3-1-2-11(10-13)16(18,19)20/h1-7,10H,8-9H2,(H,21,22). The van der Waals surface area contributed by atoms with E-state index in [1.807, 2.05) is 0 Å². The van der Waals surface area contributed by atoms with Crippen molar-refractivity contribution in [1.29, 1.82) is 0 Å². The van der Waals surface area contributed by atoms with E-state index in [-0.39, 0.29) is 17.0 Å². The number of benzene rings is 2. The molecule has 0 radical (unpaired) electrons. The summed E-state index contributed by atoms with van der Waals surface area (Å²) in [5.41, 5.74) is -0.936. The molecule has 1 amide bonds. The molecule has 0 aliphatic heterocycles. The fourth-order valence-corrected chi connectivity index (χ4v) is 3.49. The van der Waals surface area contributed by atoms with E-state index in [1.165, 1.54) is 18.2 Å². The summed E-state index contributed by atoms with van der Waals surface area (Å²) in [5.74, 6) is -1.13. The topological polar surface area (TPSA) is 63.2 Å². The molecule has 0 aromatic heterocycles. The van der Waals surface area contributed by atoms with E-state index < -0.39 is 33.2 Å². The molecule has 0 saturated heterocycles. The Hall–Kier alpha value is -1.87. The Balaban J connectivity index is 2.00. The second-order valence-electron chi connectivity index (χ2n) is 5.15. The van der Waals surface area contributed by atoms with Gasteiger partial charge in [-0.2, -0.15) is 13.2 Å². The van der Waals surface area contributed by atoms with Crippen LogP contribution < -0.4 is 5.32 Å². The molecule has 1 N–H and O–H groups in total. The van der Waals surface area contributed by atoms with Crippen LogP contribution in [0.25, 0.3) is 0 Å². The van der Waals surface area contributed by atoms with Gasteiger partial charge in [-0.1, -0.05) is 22.0 Å². The molecule has 0 spiro atoms. The first-order valence-corrected chi connectivity index (χ1v) is 9.48. The van der Waals surface area contributed by atoms with Crippen LogP contribution in [0, 0.1) is 0 Å². The van der Waals surface area contributed by atoms with Crippen LogP contribution in [-0.4, -0.2) is 20.1 Å². The van der Waals surface area contributed by atoms with Crippen molar-refractivity contribution in [2.45, 2.75) is 17.5 Å². The average Bonchev–Trinajstić information content (AvgIpc) is 2.53. The zero-order chi connectivity index (χ0) is 18.7. The maximum atomic E-state index is 12.6. The smallest absolute Gasteiger partial charge is 0.326 e. The van der Waals surface area contributed by atoms with Crippen molar-refractivity contribution in [2.24, 2.45) is 0 Å². The van der Waals surface area contributed by atoms with Crippen LogP contribution in [0.3, 0.4) is 0 Å². The van der Waals surface area contributed by atoms with Gasteiger partial charge in [-0.05, 0) is 42.5 Å². The second kappa shape index (κ2) is 7.57. The summed E-state index contributed by atoms with van der Waals surface area (Å²) in [6.07, 6.45) is -4.89. The molecule has 0 unspecified atom stereocenters. The summed E-state index contributed by atoms with van der Waals surface area (Å²) in [5, 5.41) is 2.28. The highest BCUT2D eigenvalue weighted by Gasteiger charge is 2.30. The number of rotatable bonds is 5. The Morgan fingerprint density at radius 3 is 2.32 bits per heavy atom. The number of alkyl halides is 3. The zero-order valence-corrected chi connectivity index (χ0v) is 15.1. The number of hydrogen-bond acceptors (Lipinski definition) is 3. The minimum atomic E-state index is -4.52. The lowest BCUT2D eigenvalue weighted by atomic mass is 10.2. The number of halogens is 4. The van der Waals surface area contributed by atoms with Gasteiger partial charge in [0, 0.05) is 16.6 Å². The summed E-state index contributed by atoms with van der Waals surface area (Å²) >= 11 is 3.19. The van der Waals surface area contributed by atoms with Crippen molar-refractivity contribution in [3.8, 4) is 0 Å². The number of amides is 1. The van der Waals surface area contributed by atoms with Gasteiger partial charge in [-0.25, -0.2) is 8.42 Å². The first-order valence-electron chi connectivity index (χ1n) is 7.03. The molecule has 0 heterocycles. The van der Waals surface area contributed by atoms with Crippen molar-refractivity contribution in [3.63, 3.8) is 0 Å². The molecule has 0 atom stereocenters. The van der Waals surface area contributed by atoms with Crippen LogP contribution >= 0.6 is 15.9 Å². The predicted molar refractivity (Wildman–Crippen MR) is 90.9 cm³/mol. The van der Waals surface area contributed by atoms with Crippen molar-refractivity contribution < 1.29 is 26.4 Å². The molecule has 2 rings (SSSR count). The summed E-state index contributed by atoms with van der Waals surface area (Å²) in [4.78, 5) is 11.9. The lowest BCUT2D eigenvalue weighted by Crippen LogP contribution is -2.18. The molecule has 0 bridgehead atoms. The fourth-order valence-electron chi connectivity index (χ4n) is 1.98. The highest BCUT2D eigenvalue weighted by molar-refractivity contribution is 9.10. The van der Waals surface area contributed by atoms with E-state index in [1.54, 1.807) is 12.1 Å². The fraction of sp³-hybridized carbons (Fsp3) is 0.188. The second-order valence-corrected chi connectivity index (χ2v) is 8.17. The van der Waals surface area contributed by atoms with Crippen LogP contribution in [-0.2, 0) is 20.8 Å². The lowest BCUT2D eigenvalue weighted by Gasteiger charge is -2.10. The van der Waals surface area contributed by atoms with Crippen LogP contribution in [0.15, 0.2) is 57.9 Å². The quantitative estimate of drug-likeness (QED) is 0.762. The van der Waals surface area contributed by atoms with Crippen molar-refractivity contribution >= 4 is 37.4 Å². The Labute approximate surface area is 151 Å². The SMILES string of the molecule is O=C(CCS(=O)(=O)c1ccc(Br)cc1)Nc1cccc(C(F)(F)F)c1. The van der Waals surface area contributed by atoms with Gasteiger partial charge in [-0.3, -0.25) is 4.79 Å². The maximum Gasteiger partial charge on any atom is 0.416 e. The Morgan fingerprint density at radius 1 is 1.08 bits per heavy atom. The zero-order valence-electron chi connectivity index (χ0n) is 12.7. The third kappa shape index (κ3) is 5.57. The van der Waals surface area contributed by atoms with Gasteiger partial charge in [0.15, 0.2) is 9.84 Å². The molecular weight excluding hydrogens is 423 g/mol. The van der Waals surface area contributed by atoms with Gasteiger partial charge in [-0.15, -0.1) is 0 Å². The Morgan fingerprint density at radius 2 is 1.72 bits per heavy atom. The highest BCUT2D eigenvalue weighted by atomic mass is 79.9. The van der Waals surface area contributed by atoms with Crippen LogP contribution in [0.5, 0.6) is 0 Å². The number of nitrogens with one attached hydrogen (secondary N) is 1. The van der Waals surface area contributed by atoms with E-state index in [4.69, 9.17) is 0 Å². The number of sulfone groups is 1. The van der Waals surface area contributed by atoms with Crippen LogP contribution in [0.2, 0.25) is 0 Å². The van der Waals surface area contributed by atoms with Gasteiger partial charge in [0.25, 0.3) is 0 Å². The summed E-state index contributed by atoms with van der Waals surface area (Å²) in [6.45, 7) is 0. The van der Waals surface area contributed by atoms with Crippen molar-refractivity contribution in [2.75, 3.05) is 11.1 Å². The number of carbonyl (C=O) groups excluding carboxylic acids is 1. The largest absolute Gasteiger partial charge is 0.416 e. The molecule has 0 saturated carbocycles. The van der Waals surface area contributed by atoms with E-state index in [0.29, 0.717) is 4.47 Å². The first kappa shape index (κ1) is 19.5. The molecule has 134 valence electrons. The number of anilines is 1. The minimum absolute atomic E-state index is 0.0409. The number of carbonyl (C=O) groups is 1. The molecule has 2 aromatic carbocycles. The molecule has 4 nitrogen and oxygen atoms in total. The minimum Gasteiger partial charge on any atom is -0.326 e. The Kier molecular flexibility index (Phi) is 5.89. The van der Waals surface area contributed by atoms with Crippen LogP contribution in [0.1, 0.15) is 12.0 Å². The van der Waals surface area contributed by atoms with Gasteiger partial charge in [0.2, 0.25) is 5.91 Å². The average molecular weight is 436 g/mol. The van der Waals surface area contributed by atoms with E-state index in [9.17, 15) is 26.4 Å². The predicted octanol–water partition coefficient (Wildman–Crippen LogP) is 4.27. The molecule has 2 aromatic rings. The molecule has 0 aliphatic carbocycles. The summed E-state index contributed by atoms with van der Waals surface area (Å²) < 4.78 is 62.9. The summed E-state index contributed by atoms with van der Waals surface area (Å²) in [6, 6.07) is 10.1. The van der Waals surface area contributed by atoms with Crippen molar-refractivity contribution in [3.05, 3.63) is 58.6 Å². The first-order chi connectivity index (χ1) is 11.6. The highest BCUT2D eigenvalue weighted by Crippen LogP contribution is 2.30. The van der Waals surface area contributed by atoms with Crippen molar-refractivity contribution in [1.82, 2.24) is 0 Å². The van der Waals surface area contributed by atoms with Gasteiger partial charge in [0.05, 0.1) is 16.2 Å². The third-order valence-electron chi connectivity index (χ3n) is 3.24. The molecule has 0 aliphatic rings. The van der Waals surface area contributed by atoms with E-state index in [0.717, 1.165) is 18.2 Å². The third-order valence-corrected chi connectivity index (χ3v) is 5.50. The van der Waals surface area contributed by atoms with E-state index >= 15 is 0 Å². The molecular formula is C16H13BrF3NO3S. The normalized spacial score (nSPS) is 12.0. The summed E-state index contributed by atoms with van der Waals surface area (Å²) in [7, 11) is -3.66.